The topological polar surface area (TPSA) is 67.8 Å². The predicted octanol–water partition coefficient (Wildman–Crippen LogP) is 1.17. The first-order chi connectivity index (χ1) is 7.63. The van der Waals surface area contributed by atoms with E-state index in [-0.39, 0.29) is 18.3 Å². The molecule has 0 atom stereocenters. The van der Waals surface area contributed by atoms with Crippen LogP contribution in [0.2, 0.25) is 0 Å². The molecule has 16 heavy (non-hydrogen) atoms. The SMILES string of the molecule is C=C/C=C(\N=C/CC(=O)OC)NC(=O)CC. The van der Waals surface area contributed by atoms with Crippen LogP contribution < -0.4 is 5.32 Å². The lowest BCUT2D eigenvalue weighted by molar-refractivity contribution is -0.139. The van der Waals surface area contributed by atoms with E-state index in [9.17, 15) is 9.59 Å². The summed E-state index contributed by atoms with van der Waals surface area (Å²) in [7, 11) is 1.30. The third-order valence-electron chi connectivity index (χ3n) is 1.58. The van der Waals surface area contributed by atoms with Crippen LogP contribution in [-0.4, -0.2) is 25.2 Å². The van der Waals surface area contributed by atoms with E-state index in [1.54, 1.807) is 13.0 Å². The van der Waals surface area contributed by atoms with Gasteiger partial charge in [0.2, 0.25) is 5.91 Å². The summed E-state index contributed by atoms with van der Waals surface area (Å²) in [4.78, 5) is 25.8. The van der Waals surface area contributed by atoms with Crippen molar-refractivity contribution >= 4 is 18.1 Å². The highest BCUT2D eigenvalue weighted by molar-refractivity contribution is 5.86. The van der Waals surface area contributed by atoms with Crippen LogP contribution in [0.3, 0.4) is 0 Å². The Hall–Kier alpha value is -1.91. The van der Waals surface area contributed by atoms with Crippen LogP contribution in [0, 0.1) is 0 Å². The summed E-state index contributed by atoms with van der Waals surface area (Å²) in [5.74, 6) is -0.183. The molecule has 1 N–H and O–H groups in total. The highest BCUT2D eigenvalue weighted by Gasteiger charge is 2.00. The average molecular weight is 224 g/mol. The summed E-state index contributed by atoms with van der Waals surface area (Å²) >= 11 is 0. The molecule has 0 aliphatic carbocycles. The minimum absolute atomic E-state index is 0.0625. The minimum Gasteiger partial charge on any atom is -0.469 e. The van der Waals surface area contributed by atoms with Crippen LogP contribution in [0.15, 0.2) is 29.5 Å². The number of carbonyl (C=O) groups is 2. The average Bonchev–Trinajstić information content (AvgIpc) is 2.28. The molecule has 88 valence electrons. The lowest BCUT2D eigenvalue weighted by Crippen LogP contribution is -2.20. The number of methoxy groups -OCH3 is 1. The second-order valence-electron chi connectivity index (χ2n) is 2.78. The van der Waals surface area contributed by atoms with Gasteiger partial charge in [0.25, 0.3) is 0 Å². The van der Waals surface area contributed by atoms with Gasteiger partial charge in [0.05, 0.1) is 13.5 Å². The van der Waals surface area contributed by atoms with Gasteiger partial charge >= 0.3 is 5.97 Å². The van der Waals surface area contributed by atoms with E-state index < -0.39 is 0 Å². The number of nitrogens with one attached hydrogen (secondary N) is 1. The lowest BCUT2D eigenvalue weighted by Gasteiger charge is -2.02. The summed E-state index contributed by atoms with van der Waals surface area (Å²) in [6, 6.07) is 0. The summed E-state index contributed by atoms with van der Waals surface area (Å²) in [6.07, 6.45) is 4.84. The molecule has 0 unspecified atom stereocenters. The first-order valence-electron chi connectivity index (χ1n) is 4.86. The van der Waals surface area contributed by atoms with Gasteiger partial charge in [0, 0.05) is 12.6 Å². The molecule has 0 aromatic heterocycles. The highest BCUT2D eigenvalue weighted by atomic mass is 16.5. The van der Waals surface area contributed by atoms with Crippen molar-refractivity contribution in [2.75, 3.05) is 7.11 Å². The molecule has 0 aromatic carbocycles. The van der Waals surface area contributed by atoms with Gasteiger partial charge in [-0.1, -0.05) is 19.6 Å². The second kappa shape index (κ2) is 8.40. The Kier molecular flexibility index (Phi) is 7.40. The number of rotatable bonds is 6. The zero-order valence-electron chi connectivity index (χ0n) is 9.53. The maximum atomic E-state index is 11.1. The van der Waals surface area contributed by atoms with Crippen molar-refractivity contribution in [2.24, 2.45) is 4.99 Å². The molecule has 0 aliphatic heterocycles. The molecule has 5 nitrogen and oxygen atoms in total. The summed E-state index contributed by atoms with van der Waals surface area (Å²) in [5, 5.41) is 2.56. The Morgan fingerprint density at radius 1 is 1.50 bits per heavy atom. The predicted molar refractivity (Wildman–Crippen MR) is 61.8 cm³/mol. The number of ether oxygens (including phenoxy) is 1. The molecule has 0 aromatic rings. The fraction of sp³-hybridized carbons (Fsp3) is 0.364. The fourth-order valence-electron chi connectivity index (χ4n) is 0.762. The number of esters is 1. The molecule has 0 fully saturated rings. The quantitative estimate of drug-likeness (QED) is 0.418. The molecule has 0 spiro atoms. The van der Waals surface area contributed by atoms with E-state index in [0.717, 1.165) is 0 Å². The Morgan fingerprint density at radius 2 is 2.19 bits per heavy atom. The first kappa shape index (κ1) is 14.1. The smallest absolute Gasteiger partial charge is 0.310 e. The van der Waals surface area contributed by atoms with Crippen LogP contribution in [0.1, 0.15) is 19.8 Å². The Morgan fingerprint density at radius 3 is 2.69 bits per heavy atom. The van der Waals surface area contributed by atoms with Crippen LogP contribution in [0.25, 0.3) is 0 Å². The molecule has 0 saturated carbocycles. The van der Waals surface area contributed by atoms with Gasteiger partial charge in [-0.25, -0.2) is 4.99 Å². The van der Waals surface area contributed by atoms with Crippen molar-refractivity contribution < 1.29 is 14.3 Å². The van der Waals surface area contributed by atoms with Gasteiger partial charge in [-0.15, -0.1) is 0 Å². The zero-order valence-corrected chi connectivity index (χ0v) is 9.53. The van der Waals surface area contributed by atoms with Crippen LogP contribution >= 0.6 is 0 Å². The van der Waals surface area contributed by atoms with Gasteiger partial charge in [-0.3, -0.25) is 9.59 Å². The molecule has 5 heteroatoms. The second-order valence-corrected chi connectivity index (χ2v) is 2.78. The van der Waals surface area contributed by atoms with Crippen LogP contribution in [0.5, 0.6) is 0 Å². The van der Waals surface area contributed by atoms with E-state index in [1.165, 1.54) is 19.4 Å². The molecular formula is C11H16N2O3. The van der Waals surface area contributed by atoms with Crippen molar-refractivity contribution in [3.63, 3.8) is 0 Å². The molecule has 0 saturated heterocycles. The summed E-state index contributed by atoms with van der Waals surface area (Å²) in [5.41, 5.74) is 0. The van der Waals surface area contributed by atoms with E-state index in [2.05, 4.69) is 21.6 Å². The van der Waals surface area contributed by atoms with Crippen LogP contribution in [0.4, 0.5) is 0 Å². The van der Waals surface area contributed by atoms with Crippen molar-refractivity contribution in [1.29, 1.82) is 0 Å². The number of carbonyl (C=O) groups excluding carboxylic acids is 2. The number of nitrogens with zero attached hydrogens (tertiary/aromatic N) is 1. The molecule has 0 radical (unpaired) electrons. The van der Waals surface area contributed by atoms with Gasteiger partial charge in [0.1, 0.15) is 5.82 Å². The number of hydrogen-bond acceptors (Lipinski definition) is 4. The number of allylic oxidation sites excluding steroid dienone is 2. The van der Waals surface area contributed by atoms with Gasteiger partial charge in [-0.2, -0.15) is 0 Å². The van der Waals surface area contributed by atoms with Crippen molar-refractivity contribution in [1.82, 2.24) is 5.32 Å². The molecule has 0 rings (SSSR count). The van der Waals surface area contributed by atoms with Crippen molar-refractivity contribution in [2.45, 2.75) is 19.8 Å². The number of aliphatic imine (C=N–C) groups is 1. The highest BCUT2D eigenvalue weighted by Crippen LogP contribution is 1.94. The fourth-order valence-corrected chi connectivity index (χ4v) is 0.762. The van der Waals surface area contributed by atoms with Gasteiger partial charge < -0.3 is 10.1 Å². The van der Waals surface area contributed by atoms with Crippen molar-refractivity contribution in [3.05, 3.63) is 24.6 Å². The largest absolute Gasteiger partial charge is 0.469 e. The van der Waals surface area contributed by atoms with Gasteiger partial charge in [0.15, 0.2) is 0 Å². The standard InChI is InChI=1S/C11H16N2O3/c1-4-6-9(13-10(14)5-2)12-8-7-11(15)16-3/h4,6,8H,1,5,7H2,2-3H3,(H,13,14)/b9-6+,12-8-. The van der Waals surface area contributed by atoms with Crippen molar-refractivity contribution in [3.8, 4) is 0 Å². The molecule has 0 heterocycles. The van der Waals surface area contributed by atoms with E-state index in [1.807, 2.05) is 0 Å². The zero-order chi connectivity index (χ0) is 12.4. The third kappa shape index (κ3) is 6.53. The first-order valence-corrected chi connectivity index (χ1v) is 4.86. The maximum Gasteiger partial charge on any atom is 0.310 e. The molecular weight excluding hydrogens is 208 g/mol. The Balaban J connectivity index is 4.34. The summed E-state index contributed by atoms with van der Waals surface area (Å²) < 4.78 is 4.44. The van der Waals surface area contributed by atoms with E-state index in [4.69, 9.17) is 0 Å². The number of hydrogen-bond donors (Lipinski definition) is 1. The Labute approximate surface area is 94.9 Å². The number of amides is 1. The molecule has 0 aliphatic rings. The molecule has 1 amide bonds. The lowest BCUT2D eigenvalue weighted by atomic mass is 10.4. The summed E-state index contributed by atoms with van der Waals surface area (Å²) in [6.45, 7) is 5.23. The third-order valence-corrected chi connectivity index (χ3v) is 1.58. The maximum absolute atomic E-state index is 11.1. The van der Waals surface area contributed by atoms with Gasteiger partial charge in [-0.05, 0) is 6.08 Å². The normalized spacial score (nSPS) is 11.2. The molecule has 0 bridgehead atoms. The van der Waals surface area contributed by atoms with Crippen LogP contribution in [-0.2, 0) is 14.3 Å². The minimum atomic E-state index is -0.386. The van der Waals surface area contributed by atoms with E-state index >= 15 is 0 Å². The monoisotopic (exact) mass is 224 g/mol. The van der Waals surface area contributed by atoms with E-state index in [0.29, 0.717) is 12.2 Å². The Bertz CT molecular complexity index is 319.